The number of hydrogen-bond donors (Lipinski definition) is 3. The minimum Gasteiger partial charge on any atom is -0.382 e. The molecular formula is C11H9N5O. The summed E-state index contributed by atoms with van der Waals surface area (Å²) in [4.78, 5) is 16.5. The highest BCUT2D eigenvalue weighted by molar-refractivity contribution is 5.80. The smallest absolute Gasteiger partial charge is 0.323 e. The van der Waals surface area contributed by atoms with Crippen LogP contribution >= 0.6 is 0 Å². The van der Waals surface area contributed by atoms with Gasteiger partial charge in [0.25, 0.3) is 0 Å². The fraction of sp³-hybridized carbons (Fsp3) is 0. The second-order valence-electron chi connectivity index (χ2n) is 3.68. The van der Waals surface area contributed by atoms with E-state index in [2.05, 4.69) is 20.2 Å². The van der Waals surface area contributed by atoms with Crippen LogP contribution < -0.4 is 11.4 Å². The third-order valence-electron chi connectivity index (χ3n) is 2.50. The lowest BCUT2D eigenvalue weighted by Gasteiger charge is -1.99. The van der Waals surface area contributed by atoms with Gasteiger partial charge < -0.3 is 15.7 Å². The van der Waals surface area contributed by atoms with Gasteiger partial charge in [0.15, 0.2) is 0 Å². The van der Waals surface area contributed by atoms with Gasteiger partial charge in [-0.3, -0.25) is 0 Å². The first-order valence-electron chi connectivity index (χ1n) is 5.04. The van der Waals surface area contributed by atoms with Crippen LogP contribution in [0.25, 0.3) is 22.3 Å². The van der Waals surface area contributed by atoms with Crippen molar-refractivity contribution in [1.29, 1.82) is 0 Å². The highest BCUT2D eigenvalue weighted by Crippen LogP contribution is 2.19. The first kappa shape index (κ1) is 9.59. The van der Waals surface area contributed by atoms with E-state index in [4.69, 9.17) is 5.73 Å². The van der Waals surface area contributed by atoms with E-state index in [1.807, 2.05) is 18.2 Å². The molecule has 3 rings (SSSR count). The standard InChI is InChI=1S/C11H9N5O/c12-10-4-3-7(15-16-10)6-1-2-8-9(5-6)14-11(17)13-8/h1-5H,(H2,12,16)(H2,13,14,17). The molecule has 84 valence electrons. The van der Waals surface area contributed by atoms with Gasteiger partial charge in [0, 0.05) is 5.56 Å². The zero-order valence-corrected chi connectivity index (χ0v) is 8.77. The molecule has 3 aromatic rings. The van der Waals surface area contributed by atoms with Gasteiger partial charge in [0.05, 0.1) is 16.7 Å². The van der Waals surface area contributed by atoms with Gasteiger partial charge >= 0.3 is 5.69 Å². The third kappa shape index (κ3) is 1.65. The van der Waals surface area contributed by atoms with Gasteiger partial charge in [-0.2, -0.15) is 0 Å². The molecule has 0 atom stereocenters. The van der Waals surface area contributed by atoms with Crippen LogP contribution in [0.3, 0.4) is 0 Å². The molecule has 0 saturated heterocycles. The highest BCUT2D eigenvalue weighted by Gasteiger charge is 2.03. The summed E-state index contributed by atoms with van der Waals surface area (Å²) < 4.78 is 0. The van der Waals surface area contributed by atoms with E-state index < -0.39 is 0 Å². The number of hydrogen-bond acceptors (Lipinski definition) is 4. The summed E-state index contributed by atoms with van der Waals surface area (Å²) in [6.45, 7) is 0. The lowest BCUT2D eigenvalue weighted by atomic mass is 10.1. The number of nitrogens with one attached hydrogen (secondary N) is 2. The average molecular weight is 227 g/mol. The van der Waals surface area contributed by atoms with Gasteiger partial charge in [-0.05, 0) is 24.3 Å². The molecule has 6 nitrogen and oxygen atoms in total. The van der Waals surface area contributed by atoms with Crippen LogP contribution in [0.5, 0.6) is 0 Å². The Morgan fingerprint density at radius 2 is 1.82 bits per heavy atom. The van der Waals surface area contributed by atoms with E-state index in [-0.39, 0.29) is 5.69 Å². The number of fused-ring (bicyclic) bond motifs is 1. The van der Waals surface area contributed by atoms with Gasteiger partial charge in [-0.15, -0.1) is 10.2 Å². The first-order chi connectivity index (χ1) is 8.22. The summed E-state index contributed by atoms with van der Waals surface area (Å²) in [7, 11) is 0. The van der Waals surface area contributed by atoms with Crippen LogP contribution in [0.1, 0.15) is 0 Å². The van der Waals surface area contributed by atoms with Crippen molar-refractivity contribution >= 4 is 16.9 Å². The number of imidazole rings is 1. The number of H-pyrrole nitrogens is 2. The maximum absolute atomic E-state index is 11.1. The van der Waals surface area contributed by atoms with Crippen molar-refractivity contribution in [3.63, 3.8) is 0 Å². The Morgan fingerprint density at radius 1 is 1.00 bits per heavy atom. The molecule has 17 heavy (non-hydrogen) atoms. The van der Waals surface area contributed by atoms with Crippen LogP contribution in [0.15, 0.2) is 35.1 Å². The molecule has 0 aliphatic carbocycles. The summed E-state index contributed by atoms with van der Waals surface area (Å²) in [6, 6.07) is 9.00. The molecule has 1 aromatic carbocycles. The normalized spacial score (nSPS) is 10.8. The van der Waals surface area contributed by atoms with Crippen molar-refractivity contribution in [2.75, 3.05) is 5.73 Å². The predicted molar refractivity (Wildman–Crippen MR) is 64.4 cm³/mol. The molecule has 0 fully saturated rings. The maximum Gasteiger partial charge on any atom is 0.323 e. The van der Waals surface area contributed by atoms with Crippen LogP contribution in [0.4, 0.5) is 5.82 Å². The zero-order chi connectivity index (χ0) is 11.8. The summed E-state index contributed by atoms with van der Waals surface area (Å²) in [5, 5.41) is 7.77. The Bertz CT molecular complexity index is 725. The molecule has 0 spiro atoms. The first-order valence-corrected chi connectivity index (χ1v) is 5.04. The largest absolute Gasteiger partial charge is 0.382 e. The van der Waals surface area contributed by atoms with Crippen molar-refractivity contribution in [3.05, 3.63) is 40.8 Å². The van der Waals surface area contributed by atoms with Crippen LogP contribution in [-0.2, 0) is 0 Å². The second kappa shape index (κ2) is 3.44. The fourth-order valence-corrected chi connectivity index (χ4v) is 1.69. The molecule has 0 unspecified atom stereocenters. The van der Waals surface area contributed by atoms with E-state index in [1.165, 1.54) is 0 Å². The number of aromatic amines is 2. The van der Waals surface area contributed by atoms with E-state index >= 15 is 0 Å². The van der Waals surface area contributed by atoms with Crippen molar-refractivity contribution in [1.82, 2.24) is 20.2 Å². The van der Waals surface area contributed by atoms with Gasteiger partial charge in [-0.1, -0.05) is 6.07 Å². The zero-order valence-electron chi connectivity index (χ0n) is 8.77. The van der Waals surface area contributed by atoms with Gasteiger partial charge in [-0.25, -0.2) is 4.79 Å². The number of rotatable bonds is 1. The second-order valence-corrected chi connectivity index (χ2v) is 3.68. The Kier molecular flexibility index (Phi) is 1.94. The Labute approximate surface area is 95.5 Å². The lowest BCUT2D eigenvalue weighted by molar-refractivity contribution is 1.05. The number of nitrogens with two attached hydrogens (primary N) is 1. The summed E-state index contributed by atoms with van der Waals surface area (Å²) in [6.07, 6.45) is 0. The Balaban J connectivity index is 2.17. The highest BCUT2D eigenvalue weighted by atomic mass is 16.1. The number of anilines is 1. The molecule has 0 saturated carbocycles. The Hall–Kier alpha value is -2.63. The van der Waals surface area contributed by atoms with Crippen molar-refractivity contribution in [3.8, 4) is 11.3 Å². The molecule has 0 bridgehead atoms. The van der Waals surface area contributed by atoms with Crippen LogP contribution in [-0.4, -0.2) is 20.2 Å². The molecule has 4 N–H and O–H groups in total. The van der Waals surface area contributed by atoms with E-state index in [9.17, 15) is 4.79 Å². The number of nitrogens with zero attached hydrogens (tertiary/aromatic N) is 2. The molecule has 0 radical (unpaired) electrons. The predicted octanol–water partition coefficient (Wildman–Crippen LogP) is 0.895. The maximum atomic E-state index is 11.1. The minimum atomic E-state index is -0.222. The van der Waals surface area contributed by atoms with Crippen molar-refractivity contribution in [2.45, 2.75) is 0 Å². The molecule has 2 aromatic heterocycles. The minimum absolute atomic E-state index is 0.222. The molecule has 0 aliphatic heterocycles. The fourth-order valence-electron chi connectivity index (χ4n) is 1.69. The number of aromatic nitrogens is 4. The van der Waals surface area contributed by atoms with Gasteiger partial charge in [0.1, 0.15) is 5.82 Å². The lowest BCUT2D eigenvalue weighted by Crippen LogP contribution is -1.99. The van der Waals surface area contributed by atoms with E-state index in [0.717, 1.165) is 16.6 Å². The molecule has 2 heterocycles. The monoisotopic (exact) mass is 227 g/mol. The summed E-state index contributed by atoms with van der Waals surface area (Å²) in [5.74, 6) is 0.380. The van der Waals surface area contributed by atoms with Crippen LogP contribution in [0.2, 0.25) is 0 Å². The van der Waals surface area contributed by atoms with Crippen molar-refractivity contribution in [2.24, 2.45) is 0 Å². The number of benzene rings is 1. The SMILES string of the molecule is Nc1ccc(-c2ccc3[nH]c(=O)[nH]c3c2)nn1. The van der Waals surface area contributed by atoms with Crippen LogP contribution in [0, 0.1) is 0 Å². The Morgan fingerprint density at radius 3 is 2.59 bits per heavy atom. The van der Waals surface area contributed by atoms with E-state index in [1.54, 1.807) is 12.1 Å². The molecule has 0 aliphatic rings. The summed E-state index contributed by atoms with van der Waals surface area (Å²) >= 11 is 0. The van der Waals surface area contributed by atoms with E-state index in [0.29, 0.717) is 11.5 Å². The quantitative estimate of drug-likeness (QED) is 0.574. The molecular weight excluding hydrogens is 218 g/mol. The average Bonchev–Trinajstić information content (AvgIpc) is 2.69. The van der Waals surface area contributed by atoms with Gasteiger partial charge in [0.2, 0.25) is 0 Å². The number of nitrogen functional groups attached to an aromatic ring is 1. The van der Waals surface area contributed by atoms with Crippen molar-refractivity contribution < 1.29 is 0 Å². The topological polar surface area (TPSA) is 100 Å². The third-order valence-corrected chi connectivity index (χ3v) is 2.50. The summed E-state index contributed by atoms with van der Waals surface area (Å²) in [5.41, 5.74) is 8.34. The molecule has 6 heteroatoms. The molecule has 0 amide bonds.